The summed E-state index contributed by atoms with van der Waals surface area (Å²) in [7, 11) is 0. The van der Waals surface area contributed by atoms with E-state index in [1.165, 1.54) is 6.92 Å². The molecule has 0 aliphatic heterocycles. The molecule has 3 N–H and O–H groups in total. The molecular weight excluding hydrogens is 239 g/mol. The van der Waals surface area contributed by atoms with Crippen LogP contribution in [0, 0.1) is 0 Å². The molecule has 0 saturated carbocycles. The molecule has 0 saturated heterocycles. The van der Waals surface area contributed by atoms with E-state index in [0.717, 1.165) is 12.1 Å². The molecule has 0 atom stereocenters. The lowest BCUT2D eigenvalue weighted by Crippen LogP contribution is -2.31. The van der Waals surface area contributed by atoms with E-state index in [9.17, 15) is 22.8 Å². The van der Waals surface area contributed by atoms with Crippen LogP contribution in [0.3, 0.4) is 0 Å². The summed E-state index contributed by atoms with van der Waals surface area (Å²) >= 11 is 0. The monoisotopic (exact) mass is 249 g/mol. The van der Waals surface area contributed by atoms with Gasteiger partial charge in [-0.3, -0.25) is 4.79 Å². The highest BCUT2D eigenvalue weighted by atomic mass is 19.4. The third kappa shape index (κ3) is 2.77. The Bertz CT molecular complexity index is 493. The highest BCUT2D eigenvalue weighted by Gasteiger charge is 2.34. The summed E-state index contributed by atoms with van der Waals surface area (Å²) in [6.45, 7) is 1.23. The molecule has 0 bridgehead atoms. The van der Waals surface area contributed by atoms with Crippen molar-refractivity contribution in [2.45, 2.75) is 19.6 Å². The van der Waals surface area contributed by atoms with Gasteiger partial charge in [0.05, 0.1) is 0 Å². The van der Waals surface area contributed by atoms with E-state index in [0.29, 0.717) is 4.57 Å². The van der Waals surface area contributed by atoms with Crippen molar-refractivity contribution in [2.75, 3.05) is 5.32 Å². The number of anilines is 1. The number of nitrogens with two attached hydrogens (primary N) is 1. The van der Waals surface area contributed by atoms with Gasteiger partial charge in [-0.15, -0.1) is 0 Å². The Morgan fingerprint density at radius 1 is 1.47 bits per heavy atom. The summed E-state index contributed by atoms with van der Waals surface area (Å²) in [5.41, 5.74) is 2.49. The summed E-state index contributed by atoms with van der Waals surface area (Å²) in [5.74, 6) is 0. The number of aromatic nitrogens is 1. The van der Waals surface area contributed by atoms with Gasteiger partial charge >= 0.3 is 12.2 Å². The van der Waals surface area contributed by atoms with E-state index in [-0.39, 0.29) is 12.2 Å². The number of alkyl halides is 3. The number of hydrogen-bond acceptors (Lipinski definition) is 2. The second kappa shape index (κ2) is 4.48. The van der Waals surface area contributed by atoms with Gasteiger partial charge in [-0.2, -0.15) is 13.2 Å². The fourth-order valence-corrected chi connectivity index (χ4v) is 1.37. The molecule has 1 aromatic heterocycles. The lowest BCUT2D eigenvalue weighted by Gasteiger charge is -2.14. The average molecular weight is 249 g/mol. The zero-order chi connectivity index (χ0) is 13.2. The molecule has 8 heteroatoms. The predicted molar refractivity (Wildman–Crippen MR) is 54.6 cm³/mol. The molecule has 5 nitrogen and oxygen atoms in total. The Hall–Kier alpha value is -1.99. The van der Waals surface area contributed by atoms with Gasteiger partial charge < -0.3 is 15.6 Å². The summed E-state index contributed by atoms with van der Waals surface area (Å²) in [6, 6.07) is 0.586. The van der Waals surface area contributed by atoms with Crippen LogP contribution in [0.5, 0.6) is 0 Å². The molecule has 0 fully saturated rings. The van der Waals surface area contributed by atoms with Crippen molar-refractivity contribution in [3.63, 3.8) is 0 Å². The van der Waals surface area contributed by atoms with Crippen LogP contribution >= 0.6 is 0 Å². The minimum Gasteiger partial charge on any atom is -0.351 e. The first-order valence-electron chi connectivity index (χ1n) is 4.65. The van der Waals surface area contributed by atoms with E-state index in [1.54, 1.807) is 0 Å². The van der Waals surface area contributed by atoms with Gasteiger partial charge in [-0.05, 0) is 19.1 Å². The van der Waals surface area contributed by atoms with Gasteiger partial charge in [0.15, 0.2) is 0 Å². The molecule has 1 aromatic rings. The van der Waals surface area contributed by atoms with Crippen LogP contribution in [-0.4, -0.2) is 10.6 Å². The van der Waals surface area contributed by atoms with Crippen molar-refractivity contribution >= 4 is 11.7 Å². The molecule has 0 aliphatic carbocycles. The number of halogens is 3. The van der Waals surface area contributed by atoms with Crippen LogP contribution in [0.2, 0.25) is 0 Å². The van der Waals surface area contributed by atoms with Gasteiger partial charge in [0.2, 0.25) is 0 Å². The molecule has 2 amide bonds. The first-order valence-corrected chi connectivity index (χ1v) is 4.65. The lowest BCUT2D eigenvalue weighted by atomic mass is 10.3. The summed E-state index contributed by atoms with van der Waals surface area (Å²) < 4.78 is 38.1. The number of nitrogens with zero attached hydrogens (tertiary/aromatic N) is 1. The topological polar surface area (TPSA) is 77.1 Å². The van der Waals surface area contributed by atoms with Crippen LogP contribution in [-0.2, 0) is 12.7 Å². The number of nitrogens with one attached hydrogen (secondary N) is 1. The molecule has 0 aliphatic rings. The number of hydrogen-bond donors (Lipinski definition) is 2. The van der Waals surface area contributed by atoms with Crippen molar-refractivity contribution in [3.8, 4) is 0 Å². The van der Waals surface area contributed by atoms with Crippen LogP contribution < -0.4 is 16.6 Å². The third-order valence-electron chi connectivity index (χ3n) is 2.04. The molecular formula is C9H10F3N3O2. The van der Waals surface area contributed by atoms with E-state index in [4.69, 9.17) is 5.73 Å². The largest absolute Gasteiger partial charge is 0.431 e. The van der Waals surface area contributed by atoms with Crippen molar-refractivity contribution < 1.29 is 18.0 Å². The first-order chi connectivity index (χ1) is 7.77. The van der Waals surface area contributed by atoms with Crippen LogP contribution in [0.15, 0.2) is 16.9 Å². The zero-order valence-electron chi connectivity index (χ0n) is 8.84. The second-order valence-electron chi connectivity index (χ2n) is 3.17. The molecule has 0 unspecified atom stereocenters. The fourth-order valence-electron chi connectivity index (χ4n) is 1.37. The predicted octanol–water partition coefficient (Wildman–Crippen LogP) is 1.38. The first kappa shape index (κ1) is 13.1. The molecule has 0 radical (unpaired) electrons. The van der Waals surface area contributed by atoms with E-state index >= 15 is 0 Å². The highest BCUT2D eigenvalue weighted by molar-refractivity contribution is 5.87. The minimum absolute atomic E-state index is 0.165. The van der Waals surface area contributed by atoms with E-state index in [2.05, 4.69) is 0 Å². The third-order valence-corrected chi connectivity index (χ3v) is 2.04. The highest BCUT2D eigenvalue weighted by Crippen LogP contribution is 2.28. The zero-order valence-corrected chi connectivity index (χ0v) is 8.84. The number of primary amides is 1. The number of amides is 2. The summed E-state index contributed by atoms with van der Waals surface area (Å²) in [6.07, 6.45) is -4.62. The fraction of sp³-hybridized carbons (Fsp3) is 0.333. The number of carbonyl (C=O) groups is 1. The molecule has 1 rings (SSSR count). The van der Waals surface area contributed by atoms with Gasteiger partial charge in [0.1, 0.15) is 11.4 Å². The Morgan fingerprint density at radius 2 is 2.06 bits per heavy atom. The molecule has 17 heavy (non-hydrogen) atoms. The standard InChI is InChI=1S/C9H10F3N3O2/c1-2-15-6(9(10,11)12)4-3-5(7(15)16)14-8(13)17/h3-4H,2H2,1H3,(H3,13,14,17). The second-order valence-corrected chi connectivity index (χ2v) is 3.17. The van der Waals surface area contributed by atoms with Crippen molar-refractivity contribution in [3.05, 3.63) is 28.2 Å². The maximum absolute atomic E-state index is 12.5. The van der Waals surface area contributed by atoms with Crippen molar-refractivity contribution in [2.24, 2.45) is 5.73 Å². The number of carbonyl (C=O) groups excluding carboxylic acids is 1. The van der Waals surface area contributed by atoms with Gasteiger partial charge in [0, 0.05) is 6.54 Å². The van der Waals surface area contributed by atoms with Gasteiger partial charge in [-0.25, -0.2) is 4.79 Å². The van der Waals surface area contributed by atoms with Crippen molar-refractivity contribution in [1.82, 2.24) is 4.57 Å². The van der Waals surface area contributed by atoms with Crippen molar-refractivity contribution in [1.29, 1.82) is 0 Å². The number of rotatable bonds is 2. The maximum Gasteiger partial charge on any atom is 0.431 e. The van der Waals surface area contributed by atoms with E-state index in [1.807, 2.05) is 5.32 Å². The van der Waals surface area contributed by atoms with Crippen LogP contribution in [0.25, 0.3) is 0 Å². The SMILES string of the molecule is CCn1c(C(F)(F)F)ccc(NC(N)=O)c1=O. The molecule has 0 spiro atoms. The quantitative estimate of drug-likeness (QED) is 0.830. The lowest BCUT2D eigenvalue weighted by molar-refractivity contribution is -0.144. The molecule has 94 valence electrons. The van der Waals surface area contributed by atoms with Gasteiger partial charge in [-0.1, -0.05) is 0 Å². The number of pyridine rings is 1. The van der Waals surface area contributed by atoms with Crippen LogP contribution in [0.4, 0.5) is 23.7 Å². The minimum atomic E-state index is -4.62. The Morgan fingerprint density at radius 3 is 2.47 bits per heavy atom. The smallest absolute Gasteiger partial charge is 0.351 e. The van der Waals surface area contributed by atoms with Gasteiger partial charge in [0.25, 0.3) is 5.56 Å². The van der Waals surface area contributed by atoms with E-state index < -0.39 is 23.5 Å². The average Bonchev–Trinajstić information content (AvgIpc) is 2.18. The Balaban J connectivity index is 3.38. The Kier molecular flexibility index (Phi) is 3.45. The molecule has 0 aromatic carbocycles. The Labute approximate surface area is 94.0 Å². The summed E-state index contributed by atoms with van der Waals surface area (Å²) in [5, 5.41) is 1.96. The molecule has 1 heterocycles. The number of urea groups is 1. The normalized spacial score (nSPS) is 11.3. The summed E-state index contributed by atoms with van der Waals surface area (Å²) in [4.78, 5) is 22.1. The van der Waals surface area contributed by atoms with Crippen LogP contribution in [0.1, 0.15) is 12.6 Å². The maximum atomic E-state index is 12.5.